The van der Waals surface area contributed by atoms with Gasteiger partial charge in [0.15, 0.2) is 6.29 Å². The van der Waals surface area contributed by atoms with Crippen molar-refractivity contribution in [2.24, 2.45) is 5.14 Å². The van der Waals surface area contributed by atoms with Crippen molar-refractivity contribution in [1.82, 2.24) is 0 Å². The second kappa shape index (κ2) is 3.15. The molecule has 0 aliphatic heterocycles. The maximum absolute atomic E-state index is 10.9. The van der Waals surface area contributed by atoms with E-state index in [0.29, 0.717) is 0 Å². The number of nitrogens with two attached hydrogens (primary N) is 1. The number of carbonyl (C=O) groups excluding carboxylic acids is 1. The second-order valence-electron chi connectivity index (χ2n) is 2.35. The topological polar surface area (TPSA) is 97.5 Å². The third-order valence-corrected chi connectivity index (χ3v) is 2.44. The van der Waals surface area contributed by atoms with Crippen LogP contribution < -0.4 is 5.14 Å². The van der Waals surface area contributed by atoms with Crippen LogP contribution in [0.2, 0.25) is 0 Å². The molecule has 0 amide bonds. The van der Waals surface area contributed by atoms with Gasteiger partial charge in [0.2, 0.25) is 10.0 Å². The van der Waals surface area contributed by atoms with Crippen LogP contribution >= 0.6 is 0 Å². The summed E-state index contributed by atoms with van der Waals surface area (Å²) < 4.78 is 21.7. The number of hydrogen-bond donors (Lipinski definition) is 2. The number of carbonyl (C=O) groups is 1. The predicted molar refractivity (Wildman–Crippen MR) is 44.9 cm³/mol. The highest BCUT2D eigenvalue weighted by Crippen LogP contribution is 2.21. The highest BCUT2D eigenvalue weighted by Gasteiger charge is 2.15. The minimum atomic E-state index is -3.96. The lowest BCUT2D eigenvalue weighted by molar-refractivity contribution is 0.111. The summed E-state index contributed by atoms with van der Waals surface area (Å²) in [6.07, 6.45) is 0.245. The number of aldehydes is 1. The Morgan fingerprint density at radius 1 is 1.38 bits per heavy atom. The van der Waals surface area contributed by atoms with Crippen LogP contribution in [-0.2, 0) is 10.0 Å². The van der Waals surface area contributed by atoms with Crippen LogP contribution in [0.5, 0.6) is 5.75 Å². The Morgan fingerprint density at radius 2 is 2.00 bits per heavy atom. The lowest BCUT2D eigenvalue weighted by Gasteiger charge is -2.02. The van der Waals surface area contributed by atoms with E-state index in [1.807, 2.05) is 0 Å². The first-order valence-electron chi connectivity index (χ1n) is 3.27. The van der Waals surface area contributed by atoms with E-state index in [0.717, 1.165) is 6.07 Å². The molecule has 0 saturated carbocycles. The zero-order valence-corrected chi connectivity index (χ0v) is 7.28. The van der Waals surface area contributed by atoms with E-state index in [4.69, 9.17) is 10.2 Å². The molecule has 0 aliphatic rings. The Morgan fingerprint density at radius 3 is 2.38 bits per heavy atom. The van der Waals surface area contributed by atoms with Crippen LogP contribution in [0.1, 0.15) is 10.4 Å². The number of aromatic hydroxyl groups is 1. The van der Waals surface area contributed by atoms with Crippen molar-refractivity contribution < 1.29 is 18.3 Å². The van der Waals surface area contributed by atoms with Crippen LogP contribution in [0.3, 0.4) is 0 Å². The highest BCUT2D eigenvalue weighted by atomic mass is 32.2. The average Bonchev–Trinajstić information content (AvgIpc) is 2.02. The zero-order chi connectivity index (χ0) is 10.1. The van der Waals surface area contributed by atoms with Gasteiger partial charge in [-0.1, -0.05) is 6.07 Å². The molecule has 1 rings (SSSR count). The van der Waals surface area contributed by atoms with Crippen molar-refractivity contribution in [3.05, 3.63) is 23.8 Å². The number of hydrogen-bond acceptors (Lipinski definition) is 4. The predicted octanol–water partition coefficient (Wildman–Crippen LogP) is -0.148. The molecular formula is C7H7NO4S. The van der Waals surface area contributed by atoms with Crippen LogP contribution in [0, 0.1) is 0 Å². The van der Waals surface area contributed by atoms with Gasteiger partial charge in [0.05, 0.1) is 10.5 Å². The normalized spacial score (nSPS) is 11.2. The van der Waals surface area contributed by atoms with Gasteiger partial charge < -0.3 is 5.11 Å². The molecule has 3 N–H and O–H groups in total. The fraction of sp³-hybridized carbons (Fsp3) is 0. The molecule has 70 valence electrons. The molecule has 0 aliphatic carbocycles. The molecule has 0 aromatic heterocycles. The van der Waals surface area contributed by atoms with Gasteiger partial charge >= 0.3 is 0 Å². The summed E-state index contributed by atoms with van der Waals surface area (Å²) in [5.41, 5.74) is -0.315. The van der Waals surface area contributed by atoms with E-state index in [-0.39, 0.29) is 16.7 Å². The van der Waals surface area contributed by atoms with E-state index in [9.17, 15) is 13.2 Å². The monoisotopic (exact) mass is 201 g/mol. The summed E-state index contributed by atoms with van der Waals surface area (Å²) in [5.74, 6) is -0.401. The van der Waals surface area contributed by atoms with E-state index >= 15 is 0 Å². The Balaban J connectivity index is 3.56. The van der Waals surface area contributed by atoms with Crippen molar-refractivity contribution in [2.75, 3.05) is 0 Å². The Labute approximate surface area is 74.9 Å². The summed E-state index contributed by atoms with van der Waals surface area (Å²) in [5, 5.41) is 13.9. The Bertz CT molecular complexity index is 438. The summed E-state index contributed by atoms with van der Waals surface area (Å²) >= 11 is 0. The van der Waals surface area contributed by atoms with E-state index in [1.165, 1.54) is 12.1 Å². The standard InChI is InChI=1S/C7H7NO4S/c8-13(11,12)7-3-1-2-6(10)5(7)4-9/h1-4,10H,(H2,8,11,12). The number of phenols is 1. The SMILES string of the molecule is NS(=O)(=O)c1cccc(O)c1C=O. The molecule has 0 saturated heterocycles. The molecule has 6 heteroatoms. The molecule has 0 spiro atoms. The molecule has 1 aromatic carbocycles. The van der Waals surface area contributed by atoms with Crippen molar-refractivity contribution >= 4 is 16.3 Å². The third kappa shape index (κ3) is 1.85. The van der Waals surface area contributed by atoms with Crippen molar-refractivity contribution in [2.45, 2.75) is 4.90 Å². The van der Waals surface area contributed by atoms with Gasteiger partial charge in [-0.25, -0.2) is 13.6 Å². The second-order valence-corrected chi connectivity index (χ2v) is 3.88. The summed E-state index contributed by atoms with van der Waals surface area (Å²) in [6.45, 7) is 0. The first-order chi connectivity index (χ1) is 5.96. The maximum Gasteiger partial charge on any atom is 0.238 e. The number of phenolic OH excluding ortho intramolecular Hbond substituents is 1. The number of sulfonamides is 1. The van der Waals surface area contributed by atoms with E-state index in [1.54, 1.807) is 0 Å². The van der Waals surface area contributed by atoms with Crippen LogP contribution in [0.25, 0.3) is 0 Å². The van der Waals surface area contributed by atoms with Crippen LogP contribution in [-0.4, -0.2) is 19.8 Å². The molecular weight excluding hydrogens is 194 g/mol. The molecule has 0 unspecified atom stereocenters. The van der Waals surface area contributed by atoms with Gasteiger partial charge in [0.1, 0.15) is 5.75 Å². The smallest absolute Gasteiger partial charge is 0.238 e. The minimum Gasteiger partial charge on any atom is -0.507 e. The fourth-order valence-corrected chi connectivity index (χ4v) is 1.63. The van der Waals surface area contributed by atoms with Crippen LogP contribution in [0.4, 0.5) is 0 Å². The van der Waals surface area contributed by atoms with Crippen molar-refractivity contribution in [1.29, 1.82) is 0 Å². The summed E-state index contributed by atoms with van der Waals surface area (Å²) in [7, 11) is -3.96. The van der Waals surface area contributed by atoms with Crippen LogP contribution in [0.15, 0.2) is 23.1 Å². The van der Waals surface area contributed by atoms with Gasteiger partial charge in [0.25, 0.3) is 0 Å². The molecule has 0 heterocycles. The molecule has 0 radical (unpaired) electrons. The largest absolute Gasteiger partial charge is 0.507 e. The number of benzene rings is 1. The minimum absolute atomic E-state index is 0.245. The van der Waals surface area contributed by atoms with Gasteiger partial charge in [-0.2, -0.15) is 0 Å². The highest BCUT2D eigenvalue weighted by molar-refractivity contribution is 7.89. The van der Waals surface area contributed by atoms with Gasteiger partial charge in [-0.3, -0.25) is 4.79 Å². The van der Waals surface area contributed by atoms with Gasteiger partial charge in [-0.15, -0.1) is 0 Å². The molecule has 1 aromatic rings. The Hall–Kier alpha value is -1.40. The molecule has 13 heavy (non-hydrogen) atoms. The summed E-state index contributed by atoms with van der Waals surface area (Å²) in [6, 6.07) is 3.65. The molecule has 5 nitrogen and oxygen atoms in total. The first-order valence-corrected chi connectivity index (χ1v) is 4.81. The first kappa shape index (κ1) is 9.69. The van der Waals surface area contributed by atoms with Crippen molar-refractivity contribution in [3.63, 3.8) is 0 Å². The van der Waals surface area contributed by atoms with Gasteiger partial charge in [0, 0.05) is 0 Å². The van der Waals surface area contributed by atoms with E-state index < -0.39 is 15.8 Å². The van der Waals surface area contributed by atoms with Gasteiger partial charge in [-0.05, 0) is 12.1 Å². The quantitative estimate of drug-likeness (QED) is 0.650. The number of rotatable bonds is 2. The lowest BCUT2D eigenvalue weighted by Crippen LogP contribution is -2.14. The summed E-state index contributed by atoms with van der Waals surface area (Å²) in [4.78, 5) is 10.0. The lowest BCUT2D eigenvalue weighted by atomic mass is 10.2. The molecule has 0 bridgehead atoms. The maximum atomic E-state index is 10.9. The van der Waals surface area contributed by atoms with E-state index in [2.05, 4.69) is 0 Å². The fourth-order valence-electron chi connectivity index (χ4n) is 0.899. The molecule has 0 atom stereocenters. The third-order valence-electron chi connectivity index (χ3n) is 1.47. The number of primary sulfonamides is 1. The zero-order valence-electron chi connectivity index (χ0n) is 6.47. The van der Waals surface area contributed by atoms with Crippen molar-refractivity contribution in [3.8, 4) is 5.75 Å². The average molecular weight is 201 g/mol. The Kier molecular flexibility index (Phi) is 2.35. The molecule has 0 fully saturated rings.